The molecule has 0 N–H and O–H groups in total. The van der Waals surface area contributed by atoms with Crippen molar-refractivity contribution in [3.8, 4) is 0 Å². The van der Waals surface area contributed by atoms with Crippen molar-refractivity contribution in [2.45, 2.75) is 67.2 Å². The molecule has 0 radical (unpaired) electrons. The van der Waals surface area contributed by atoms with Crippen LogP contribution in [0.1, 0.15) is 67.2 Å². The van der Waals surface area contributed by atoms with E-state index in [9.17, 15) is 0 Å². The second-order valence-corrected chi connectivity index (χ2v) is 5.85. The van der Waals surface area contributed by atoms with Crippen molar-refractivity contribution in [3.63, 3.8) is 0 Å². The summed E-state index contributed by atoms with van der Waals surface area (Å²) in [6.45, 7) is 13.7. The van der Waals surface area contributed by atoms with E-state index in [1.165, 1.54) is 25.7 Å². The highest BCUT2D eigenvalue weighted by Gasteiger charge is 2.13. The number of rotatable bonds is 1. The lowest BCUT2D eigenvalue weighted by molar-refractivity contribution is 0.308. The maximum absolute atomic E-state index is 2.37. The lowest BCUT2D eigenvalue weighted by atomic mass is 9.84. The lowest BCUT2D eigenvalue weighted by Crippen LogP contribution is -2.08. The Hall–Kier alpha value is 0. The molecule has 0 heterocycles. The third-order valence-electron chi connectivity index (χ3n) is 3.64. The van der Waals surface area contributed by atoms with Crippen LogP contribution < -0.4 is 0 Å². The first-order valence-electron chi connectivity index (χ1n) is 6.43. The topological polar surface area (TPSA) is 0 Å². The van der Waals surface area contributed by atoms with Gasteiger partial charge in [-0.05, 0) is 23.7 Å². The largest absolute Gasteiger partial charge is 0.0625 e. The van der Waals surface area contributed by atoms with Gasteiger partial charge in [-0.3, -0.25) is 0 Å². The Morgan fingerprint density at radius 2 is 0.857 bits per heavy atom. The molecule has 0 saturated heterocycles. The first-order valence-corrected chi connectivity index (χ1v) is 6.43. The van der Waals surface area contributed by atoms with Gasteiger partial charge in [-0.15, -0.1) is 0 Å². The zero-order chi connectivity index (χ0) is 11.1. The molecule has 1 aliphatic rings. The molecule has 1 aliphatic carbocycles. The maximum atomic E-state index is 2.37. The fourth-order valence-electron chi connectivity index (χ4n) is 1.43. The average molecular weight is 198 g/mol. The quantitative estimate of drug-likeness (QED) is 0.548. The SMILES string of the molecule is CC(C)C(C)C.CC1CCC(C)CC1. The van der Waals surface area contributed by atoms with E-state index in [0.29, 0.717) is 0 Å². The smallest absolute Gasteiger partial charge is 0.0443 e. The Balaban J connectivity index is 0.000000255. The zero-order valence-electron chi connectivity index (χ0n) is 11.1. The van der Waals surface area contributed by atoms with E-state index in [0.717, 1.165) is 23.7 Å². The van der Waals surface area contributed by atoms with Crippen LogP contribution in [0.15, 0.2) is 0 Å². The predicted octanol–water partition coefficient (Wildman–Crippen LogP) is 5.13. The highest BCUT2D eigenvalue weighted by atomic mass is 14.2. The Labute approximate surface area is 91.5 Å². The monoisotopic (exact) mass is 198 g/mol. The minimum atomic E-state index is 0.852. The van der Waals surface area contributed by atoms with E-state index < -0.39 is 0 Å². The molecular formula is C14H30. The molecule has 0 heteroatoms. The van der Waals surface area contributed by atoms with Gasteiger partial charge >= 0.3 is 0 Å². The summed E-state index contributed by atoms with van der Waals surface area (Å²) in [6, 6.07) is 0. The second kappa shape index (κ2) is 7.31. The van der Waals surface area contributed by atoms with E-state index in [1.54, 1.807) is 0 Å². The third kappa shape index (κ3) is 7.41. The summed E-state index contributed by atoms with van der Waals surface area (Å²) in [5.41, 5.74) is 0. The van der Waals surface area contributed by atoms with Crippen LogP contribution in [0.2, 0.25) is 0 Å². The van der Waals surface area contributed by atoms with Crippen molar-refractivity contribution in [2.75, 3.05) is 0 Å². The molecule has 1 saturated carbocycles. The van der Waals surface area contributed by atoms with Gasteiger partial charge < -0.3 is 0 Å². The Kier molecular flexibility index (Phi) is 7.31. The molecule has 0 unspecified atom stereocenters. The van der Waals surface area contributed by atoms with Crippen LogP contribution in [0, 0.1) is 23.7 Å². The zero-order valence-corrected chi connectivity index (χ0v) is 11.1. The first-order chi connectivity index (χ1) is 6.43. The molecule has 1 rings (SSSR count). The van der Waals surface area contributed by atoms with Crippen LogP contribution >= 0.6 is 0 Å². The maximum Gasteiger partial charge on any atom is -0.0443 e. The van der Waals surface area contributed by atoms with Gasteiger partial charge in [-0.25, -0.2) is 0 Å². The van der Waals surface area contributed by atoms with E-state index in [2.05, 4.69) is 41.5 Å². The van der Waals surface area contributed by atoms with Crippen molar-refractivity contribution in [1.82, 2.24) is 0 Å². The van der Waals surface area contributed by atoms with Crippen LogP contribution in [0.3, 0.4) is 0 Å². The fourth-order valence-corrected chi connectivity index (χ4v) is 1.43. The van der Waals surface area contributed by atoms with E-state index in [4.69, 9.17) is 0 Å². The normalized spacial score (nSPS) is 27.4. The number of hydrogen-bond acceptors (Lipinski definition) is 0. The molecule has 1 fully saturated rings. The average Bonchev–Trinajstić information content (AvgIpc) is 2.11. The minimum Gasteiger partial charge on any atom is -0.0625 e. The Morgan fingerprint density at radius 1 is 0.643 bits per heavy atom. The van der Waals surface area contributed by atoms with Crippen molar-refractivity contribution < 1.29 is 0 Å². The Bertz CT molecular complexity index is 100. The molecule has 86 valence electrons. The predicted molar refractivity (Wildman–Crippen MR) is 66.5 cm³/mol. The van der Waals surface area contributed by atoms with Gasteiger partial charge in [0.2, 0.25) is 0 Å². The summed E-state index contributed by atoms with van der Waals surface area (Å²) < 4.78 is 0. The minimum absolute atomic E-state index is 0.852. The molecule has 0 aromatic carbocycles. The third-order valence-corrected chi connectivity index (χ3v) is 3.64. The van der Waals surface area contributed by atoms with E-state index >= 15 is 0 Å². The van der Waals surface area contributed by atoms with Crippen molar-refractivity contribution in [2.24, 2.45) is 23.7 Å². The van der Waals surface area contributed by atoms with Gasteiger partial charge in [0.05, 0.1) is 0 Å². The summed E-state index contributed by atoms with van der Waals surface area (Å²) in [6.07, 6.45) is 5.89. The summed E-state index contributed by atoms with van der Waals surface area (Å²) in [4.78, 5) is 0. The van der Waals surface area contributed by atoms with Crippen molar-refractivity contribution in [3.05, 3.63) is 0 Å². The Morgan fingerprint density at radius 3 is 1.00 bits per heavy atom. The van der Waals surface area contributed by atoms with Crippen LogP contribution in [-0.4, -0.2) is 0 Å². The molecule has 14 heavy (non-hydrogen) atoms. The highest BCUT2D eigenvalue weighted by Crippen LogP contribution is 2.27. The lowest BCUT2D eigenvalue weighted by Gasteiger charge is -2.22. The van der Waals surface area contributed by atoms with Gasteiger partial charge in [0, 0.05) is 0 Å². The van der Waals surface area contributed by atoms with Gasteiger partial charge in [-0.1, -0.05) is 67.2 Å². The summed E-state index contributed by atoms with van der Waals surface area (Å²) in [5.74, 6) is 3.74. The van der Waals surface area contributed by atoms with Crippen LogP contribution in [0.25, 0.3) is 0 Å². The second-order valence-electron chi connectivity index (χ2n) is 5.85. The summed E-state index contributed by atoms with van der Waals surface area (Å²) >= 11 is 0. The van der Waals surface area contributed by atoms with E-state index in [1.807, 2.05) is 0 Å². The first kappa shape index (κ1) is 14.0. The number of hydrogen-bond donors (Lipinski definition) is 0. The summed E-state index contributed by atoms with van der Waals surface area (Å²) in [5, 5.41) is 0. The molecule has 0 spiro atoms. The molecule has 0 aliphatic heterocycles. The molecule has 0 nitrogen and oxygen atoms in total. The van der Waals surface area contributed by atoms with Gasteiger partial charge in [0.15, 0.2) is 0 Å². The molecule has 0 aromatic rings. The van der Waals surface area contributed by atoms with Crippen molar-refractivity contribution in [1.29, 1.82) is 0 Å². The van der Waals surface area contributed by atoms with Crippen LogP contribution in [-0.2, 0) is 0 Å². The molecule has 0 aromatic heterocycles. The molecular weight excluding hydrogens is 168 g/mol. The van der Waals surface area contributed by atoms with Gasteiger partial charge in [0.25, 0.3) is 0 Å². The van der Waals surface area contributed by atoms with Crippen LogP contribution in [0.4, 0.5) is 0 Å². The standard InChI is InChI=1S/C8H16.C6H14/c1-7-3-5-8(2)6-4-7;1-5(2)6(3)4/h7-8H,3-6H2,1-2H3;5-6H,1-4H3. The van der Waals surface area contributed by atoms with Gasteiger partial charge in [0.1, 0.15) is 0 Å². The highest BCUT2D eigenvalue weighted by molar-refractivity contribution is 4.65. The van der Waals surface area contributed by atoms with E-state index in [-0.39, 0.29) is 0 Å². The molecule has 0 bridgehead atoms. The van der Waals surface area contributed by atoms with Crippen LogP contribution in [0.5, 0.6) is 0 Å². The molecule has 0 atom stereocenters. The van der Waals surface area contributed by atoms with Crippen molar-refractivity contribution >= 4 is 0 Å². The van der Waals surface area contributed by atoms with Gasteiger partial charge in [-0.2, -0.15) is 0 Å². The molecule has 0 amide bonds. The fraction of sp³-hybridized carbons (Fsp3) is 1.00. The summed E-state index contributed by atoms with van der Waals surface area (Å²) in [7, 11) is 0.